The van der Waals surface area contributed by atoms with Crippen molar-refractivity contribution in [3.63, 3.8) is 0 Å². The lowest BCUT2D eigenvalue weighted by atomic mass is 10.1. The lowest BCUT2D eigenvalue weighted by Gasteiger charge is -2.12. The first kappa shape index (κ1) is 16.4. The maximum absolute atomic E-state index is 5.80. The van der Waals surface area contributed by atoms with E-state index in [4.69, 9.17) is 4.74 Å². The Morgan fingerprint density at radius 2 is 1.71 bits per heavy atom. The van der Waals surface area contributed by atoms with Crippen molar-refractivity contribution < 1.29 is 4.74 Å². The van der Waals surface area contributed by atoms with Gasteiger partial charge in [0.15, 0.2) is 0 Å². The maximum atomic E-state index is 5.80. The highest BCUT2D eigenvalue weighted by atomic mass is 16.5. The number of unbranched alkanes of at least 4 members (excludes halogenated alkanes) is 4. The highest BCUT2D eigenvalue weighted by molar-refractivity contribution is 5.27. The standard InChI is InChI=1S/C19H31NO/c1-2-3-4-5-8-15-21-19-13-11-17(12-14-19)16-20-18-9-6-7-10-18/h11-14,18,20H,2-10,15-16H2,1H3. The average molecular weight is 289 g/mol. The third-order valence-corrected chi connectivity index (χ3v) is 4.39. The minimum atomic E-state index is 0.740. The molecule has 118 valence electrons. The number of hydrogen-bond donors (Lipinski definition) is 1. The topological polar surface area (TPSA) is 21.3 Å². The van der Waals surface area contributed by atoms with Crippen LogP contribution in [0.1, 0.15) is 70.3 Å². The Bertz CT molecular complexity index is 368. The Kier molecular flexibility index (Phi) is 7.66. The van der Waals surface area contributed by atoms with Crippen molar-refractivity contribution >= 4 is 0 Å². The fraction of sp³-hybridized carbons (Fsp3) is 0.684. The van der Waals surface area contributed by atoms with E-state index in [1.54, 1.807) is 0 Å². The first-order chi connectivity index (χ1) is 10.4. The summed E-state index contributed by atoms with van der Waals surface area (Å²) in [4.78, 5) is 0. The number of hydrogen-bond acceptors (Lipinski definition) is 2. The predicted octanol–water partition coefficient (Wildman–Crippen LogP) is 5.07. The van der Waals surface area contributed by atoms with Gasteiger partial charge in [0.05, 0.1) is 6.61 Å². The lowest BCUT2D eigenvalue weighted by Crippen LogP contribution is -2.25. The van der Waals surface area contributed by atoms with Gasteiger partial charge in [-0.1, -0.05) is 57.6 Å². The summed E-state index contributed by atoms with van der Waals surface area (Å²) in [5.41, 5.74) is 1.36. The first-order valence-corrected chi connectivity index (χ1v) is 8.83. The molecule has 0 bridgehead atoms. The number of rotatable bonds is 10. The Hall–Kier alpha value is -1.02. The Morgan fingerprint density at radius 1 is 1.00 bits per heavy atom. The van der Waals surface area contributed by atoms with Crippen LogP contribution in [0, 0.1) is 0 Å². The molecule has 1 aliphatic carbocycles. The molecule has 1 aliphatic rings. The summed E-state index contributed by atoms with van der Waals surface area (Å²) in [6.45, 7) is 4.09. The molecule has 0 heterocycles. The summed E-state index contributed by atoms with van der Waals surface area (Å²) in [6, 6.07) is 9.34. The highest BCUT2D eigenvalue weighted by Crippen LogP contribution is 2.19. The molecule has 2 rings (SSSR count). The van der Waals surface area contributed by atoms with Gasteiger partial charge in [-0.15, -0.1) is 0 Å². The highest BCUT2D eigenvalue weighted by Gasteiger charge is 2.13. The van der Waals surface area contributed by atoms with Crippen LogP contribution in [0.15, 0.2) is 24.3 Å². The van der Waals surface area contributed by atoms with Crippen molar-refractivity contribution in [2.24, 2.45) is 0 Å². The molecule has 0 aromatic heterocycles. The van der Waals surface area contributed by atoms with Gasteiger partial charge in [-0.3, -0.25) is 0 Å². The second-order valence-electron chi connectivity index (χ2n) is 6.27. The summed E-state index contributed by atoms with van der Waals surface area (Å²) in [7, 11) is 0. The molecule has 0 atom stereocenters. The quantitative estimate of drug-likeness (QED) is 0.607. The molecular weight excluding hydrogens is 258 g/mol. The van der Waals surface area contributed by atoms with Crippen molar-refractivity contribution in [3.8, 4) is 5.75 Å². The van der Waals surface area contributed by atoms with Crippen molar-refractivity contribution in [2.75, 3.05) is 6.61 Å². The van der Waals surface area contributed by atoms with Gasteiger partial charge in [-0.25, -0.2) is 0 Å². The van der Waals surface area contributed by atoms with Gasteiger partial charge in [0.25, 0.3) is 0 Å². The van der Waals surface area contributed by atoms with E-state index in [9.17, 15) is 0 Å². The van der Waals surface area contributed by atoms with Crippen LogP contribution in [0.4, 0.5) is 0 Å². The minimum Gasteiger partial charge on any atom is -0.494 e. The molecule has 1 fully saturated rings. The normalized spacial score (nSPS) is 15.5. The van der Waals surface area contributed by atoms with E-state index < -0.39 is 0 Å². The molecule has 21 heavy (non-hydrogen) atoms. The predicted molar refractivity (Wildman–Crippen MR) is 89.8 cm³/mol. The van der Waals surface area contributed by atoms with Gasteiger partial charge in [0.1, 0.15) is 5.75 Å². The average Bonchev–Trinajstić information content (AvgIpc) is 3.03. The molecule has 1 aromatic rings. The first-order valence-electron chi connectivity index (χ1n) is 8.83. The van der Waals surface area contributed by atoms with Crippen molar-refractivity contribution in [1.82, 2.24) is 5.32 Å². The van der Waals surface area contributed by atoms with Gasteiger partial charge >= 0.3 is 0 Å². The largest absolute Gasteiger partial charge is 0.494 e. The van der Waals surface area contributed by atoms with Crippen molar-refractivity contribution in [2.45, 2.75) is 77.3 Å². The van der Waals surface area contributed by atoms with E-state index in [2.05, 4.69) is 36.5 Å². The fourth-order valence-electron chi connectivity index (χ4n) is 2.99. The molecule has 2 heteroatoms. The van der Waals surface area contributed by atoms with Gasteiger partial charge in [-0.2, -0.15) is 0 Å². The Labute approximate surface area is 130 Å². The van der Waals surface area contributed by atoms with E-state index in [0.29, 0.717) is 0 Å². The van der Waals surface area contributed by atoms with E-state index in [1.165, 1.54) is 63.4 Å². The number of benzene rings is 1. The second kappa shape index (κ2) is 9.83. The number of ether oxygens (including phenoxy) is 1. The van der Waals surface area contributed by atoms with Crippen LogP contribution in [0.3, 0.4) is 0 Å². The van der Waals surface area contributed by atoms with Gasteiger partial charge < -0.3 is 10.1 Å². The van der Waals surface area contributed by atoms with Gasteiger partial charge in [0.2, 0.25) is 0 Å². The zero-order valence-corrected chi connectivity index (χ0v) is 13.6. The van der Waals surface area contributed by atoms with E-state index in [-0.39, 0.29) is 0 Å². The van der Waals surface area contributed by atoms with E-state index in [1.807, 2.05) is 0 Å². The summed E-state index contributed by atoms with van der Waals surface area (Å²) in [5.74, 6) is 1.01. The molecule has 0 unspecified atom stereocenters. The summed E-state index contributed by atoms with van der Waals surface area (Å²) < 4.78 is 5.80. The van der Waals surface area contributed by atoms with Crippen LogP contribution >= 0.6 is 0 Å². The molecule has 0 saturated heterocycles. The molecule has 0 spiro atoms. The van der Waals surface area contributed by atoms with Crippen LogP contribution in [-0.4, -0.2) is 12.6 Å². The number of nitrogens with one attached hydrogen (secondary N) is 1. The van der Waals surface area contributed by atoms with Crippen molar-refractivity contribution in [3.05, 3.63) is 29.8 Å². The monoisotopic (exact) mass is 289 g/mol. The third kappa shape index (κ3) is 6.52. The van der Waals surface area contributed by atoms with Gasteiger partial charge in [0, 0.05) is 12.6 Å². The molecule has 1 N–H and O–H groups in total. The zero-order chi connectivity index (χ0) is 14.8. The second-order valence-corrected chi connectivity index (χ2v) is 6.27. The minimum absolute atomic E-state index is 0.740. The molecule has 0 amide bonds. The fourth-order valence-corrected chi connectivity index (χ4v) is 2.99. The van der Waals surface area contributed by atoms with Crippen LogP contribution in [0.25, 0.3) is 0 Å². The SMILES string of the molecule is CCCCCCCOc1ccc(CNC2CCCC2)cc1. The van der Waals surface area contributed by atoms with Crippen LogP contribution in [0.2, 0.25) is 0 Å². The van der Waals surface area contributed by atoms with Crippen LogP contribution in [0.5, 0.6) is 5.75 Å². The smallest absolute Gasteiger partial charge is 0.119 e. The zero-order valence-electron chi connectivity index (χ0n) is 13.6. The molecule has 1 saturated carbocycles. The lowest BCUT2D eigenvalue weighted by molar-refractivity contribution is 0.304. The molecule has 0 aliphatic heterocycles. The molecular formula is C19H31NO. The third-order valence-electron chi connectivity index (χ3n) is 4.39. The van der Waals surface area contributed by atoms with E-state index >= 15 is 0 Å². The molecule has 1 aromatic carbocycles. The Balaban J connectivity index is 1.59. The maximum Gasteiger partial charge on any atom is 0.119 e. The van der Waals surface area contributed by atoms with Gasteiger partial charge in [-0.05, 0) is 37.0 Å². The summed E-state index contributed by atoms with van der Waals surface area (Å²) in [6.07, 6.45) is 11.9. The summed E-state index contributed by atoms with van der Waals surface area (Å²) >= 11 is 0. The van der Waals surface area contributed by atoms with Crippen LogP contribution < -0.4 is 10.1 Å². The Morgan fingerprint density at radius 3 is 2.43 bits per heavy atom. The van der Waals surface area contributed by atoms with Crippen LogP contribution in [-0.2, 0) is 6.54 Å². The van der Waals surface area contributed by atoms with E-state index in [0.717, 1.165) is 24.9 Å². The van der Waals surface area contributed by atoms with Crippen molar-refractivity contribution in [1.29, 1.82) is 0 Å². The summed E-state index contributed by atoms with van der Waals surface area (Å²) in [5, 5.41) is 3.65. The molecule has 2 nitrogen and oxygen atoms in total. The molecule has 0 radical (unpaired) electrons.